The van der Waals surface area contributed by atoms with Gasteiger partial charge in [0.15, 0.2) is 12.4 Å². The molecule has 0 aliphatic carbocycles. The molecule has 0 amide bonds. The fourth-order valence-electron chi connectivity index (χ4n) is 1.68. The Kier molecular flexibility index (Phi) is 4.86. The van der Waals surface area contributed by atoms with Crippen LogP contribution in [-0.4, -0.2) is 53.9 Å². The summed E-state index contributed by atoms with van der Waals surface area (Å²) in [6.07, 6.45) is -4.43. The molecule has 4 atom stereocenters. The number of hydrogen-bond donors (Lipinski definition) is 2. The summed E-state index contributed by atoms with van der Waals surface area (Å²) >= 11 is 0. The third-order valence-electron chi connectivity index (χ3n) is 2.42. The first kappa shape index (κ1) is 13.9. The van der Waals surface area contributed by atoms with E-state index in [0.717, 1.165) is 0 Å². The topological polar surface area (TPSA) is 102 Å². The fourth-order valence-corrected chi connectivity index (χ4v) is 1.68. The van der Waals surface area contributed by atoms with Crippen molar-refractivity contribution in [3.05, 3.63) is 0 Å². The lowest BCUT2D eigenvalue weighted by atomic mass is 9.99. The molecule has 17 heavy (non-hydrogen) atoms. The van der Waals surface area contributed by atoms with Crippen molar-refractivity contribution in [2.75, 3.05) is 7.11 Å². The Balaban J connectivity index is 2.71. The van der Waals surface area contributed by atoms with Crippen molar-refractivity contribution in [2.24, 2.45) is 0 Å². The van der Waals surface area contributed by atoms with Crippen LogP contribution < -0.4 is 0 Å². The highest BCUT2D eigenvalue weighted by Gasteiger charge is 2.40. The molecule has 0 aromatic heterocycles. The maximum absolute atomic E-state index is 11.1. The molecule has 0 spiro atoms. The predicted molar refractivity (Wildman–Crippen MR) is 53.7 cm³/mol. The van der Waals surface area contributed by atoms with E-state index in [9.17, 15) is 19.8 Å². The van der Waals surface area contributed by atoms with E-state index in [1.807, 2.05) is 0 Å². The van der Waals surface area contributed by atoms with Crippen LogP contribution >= 0.6 is 0 Å². The lowest BCUT2D eigenvalue weighted by Crippen LogP contribution is -2.51. The SMILES string of the molecule is COC(=O)C[C@H]1OC(O)C[C@@H](O)[C@@H]1OC(C)=O. The normalized spacial score (nSPS) is 32.9. The largest absolute Gasteiger partial charge is 0.469 e. The van der Waals surface area contributed by atoms with E-state index in [-0.39, 0.29) is 12.8 Å². The molecule has 0 aromatic rings. The van der Waals surface area contributed by atoms with Crippen molar-refractivity contribution in [2.45, 2.75) is 44.4 Å². The van der Waals surface area contributed by atoms with Crippen molar-refractivity contribution in [3.8, 4) is 0 Å². The molecule has 1 saturated heterocycles. The molecule has 1 aliphatic rings. The molecule has 0 radical (unpaired) electrons. The zero-order chi connectivity index (χ0) is 13.0. The van der Waals surface area contributed by atoms with Gasteiger partial charge in [0.1, 0.15) is 6.10 Å². The van der Waals surface area contributed by atoms with Gasteiger partial charge in [-0.05, 0) is 0 Å². The van der Waals surface area contributed by atoms with E-state index in [2.05, 4.69) is 4.74 Å². The van der Waals surface area contributed by atoms with E-state index in [4.69, 9.17) is 9.47 Å². The number of esters is 2. The van der Waals surface area contributed by atoms with Crippen molar-refractivity contribution in [1.82, 2.24) is 0 Å². The Morgan fingerprint density at radius 1 is 1.41 bits per heavy atom. The molecule has 98 valence electrons. The van der Waals surface area contributed by atoms with E-state index in [0.29, 0.717) is 0 Å². The minimum Gasteiger partial charge on any atom is -0.469 e. The molecule has 0 bridgehead atoms. The number of carbonyl (C=O) groups is 2. The summed E-state index contributed by atoms with van der Waals surface area (Å²) in [5.41, 5.74) is 0. The average molecular weight is 248 g/mol. The van der Waals surface area contributed by atoms with Crippen LogP contribution in [0.4, 0.5) is 0 Å². The fraction of sp³-hybridized carbons (Fsp3) is 0.800. The molecule has 0 saturated carbocycles. The number of carbonyl (C=O) groups excluding carboxylic acids is 2. The lowest BCUT2D eigenvalue weighted by Gasteiger charge is -2.36. The van der Waals surface area contributed by atoms with Gasteiger partial charge in [0, 0.05) is 13.3 Å². The molecule has 7 nitrogen and oxygen atoms in total. The Morgan fingerprint density at radius 3 is 2.59 bits per heavy atom. The van der Waals surface area contributed by atoms with Gasteiger partial charge in [-0.15, -0.1) is 0 Å². The quantitative estimate of drug-likeness (QED) is 0.614. The highest BCUT2D eigenvalue weighted by atomic mass is 16.6. The molecular weight excluding hydrogens is 232 g/mol. The average Bonchev–Trinajstić information content (AvgIpc) is 2.22. The third-order valence-corrected chi connectivity index (χ3v) is 2.42. The van der Waals surface area contributed by atoms with Crippen molar-refractivity contribution in [3.63, 3.8) is 0 Å². The molecule has 1 rings (SSSR count). The number of rotatable bonds is 3. The van der Waals surface area contributed by atoms with E-state index in [1.165, 1.54) is 14.0 Å². The molecular formula is C10H16O7. The molecule has 2 N–H and O–H groups in total. The van der Waals surface area contributed by atoms with Crippen molar-refractivity contribution >= 4 is 11.9 Å². The molecule has 1 unspecified atom stereocenters. The number of hydrogen-bond acceptors (Lipinski definition) is 7. The van der Waals surface area contributed by atoms with Crippen molar-refractivity contribution in [1.29, 1.82) is 0 Å². The second-order valence-electron chi connectivity index (χ2n) is 3.79. The third kappa shape index (κ3) is 3.95. The van der Waals surface area contributed by atoms with Crippen LogP contribution in [0.15, 0.2) is 0 Å². The van der Waals surface area contributed by atoms with Crippen LogP contribution in [0, 0.1) is 0 Å². The molecule has 1 fully saturated rings. The molecule has 7 heteroatoms. The Bertz CT molecular complexity index is 290. The van der Waals surface area contributed by atoms with Gasteiger partial charge >= 0.3 is 11.9 Å². The monoisotopic (exact) mass is 248 g/mol. The summed E-state index contributed by atoms with van der Waals surface area (Å²) in [6, 6.07) is 0. The predicted octanol–water partition coefficient (Wildman–Crippen LogP) is -1.05. The zero-order valence-corrected chi connectivity index (χ0v) is 9.66. The molecule has 0 aromatic carbocycles. The van der Waals surface area contributed by atoms with Crippen molar-refractivity contribution < 1.29 is 34.0 Å². The number of ether oxygens (including phenoxy) is 3. The Morgan fingerprint density at radius 2 is 2.06 bits per heavy atom. The number of aliphatic hydroxyl groups excluding tert-OH is 2. The number of aliphatic hydroxyl groups is 2. The van der Waals surface area contributed by atoms with Gasteiger partial charge in [-0.3, -0.25) is 9.59 Å². The first-order valence-electron chi connectivity index (χ1n) is 5.19. The van der Waals surface area contributed by atoms with Crippen LogP contribution in [0.3, 0.4) is 0 Å². The second-order valence-corrected chi connectivity index (χ2v) is 3.79. The van der Waals surface area contributed by atoms with Gasteiger partial charge in [0.05, 0.1) is 19.6 Å². The number of methoxy groups -OCH3 is 1. The Hall–Kier alpha value is -1.18. The van der Waals surface area contributed by atoms with Gasteiger partial charge < -0.3 is 24.4 Å². The van der Waals surface area contributed by atoms with Crippen LogP contribution in [0.5, 0.6) is 0 Å². The second kappa shape index (κ2) is 5.95. The summed E-state index contributed by atoms with van der Waals surface area (Å²) < 4.78 is 14.4. The van der Waals surface area contributed by atoms with Crippen LogP contribution in [0.25, 0.3) is 0 Å². The van der Waals surface area contributed by atoms with Gasteiger partial charge in [-0.25, -0.2) is 0 Å². The van der Waals surface area contributed by atoms with Crippen LogP contribution in [0.2, 0.25) is 0 Å². The van der Waals surface area contributed by atoms with Crippen LogP contribution in [-0.2, 0) is 23.8 Å². The minimum absolute atomic E-state index is 0.0738. The first-order chi connectivity index (χ1) is 7.93. The first-order valence-corrected chi connectivity index (χ1v) is 5.19. The minimum atomic E-state index is -1.19. The van der Waals surface area contributed by atoms with Gasteiger partial charge in [-0.2, -0.15) is 0 Å². The van der Waals surface area contributed by atoms with Gasteiger partial charge in [0.25, 0.3) is 0 Å². The maximum Gasteiger partial charge on any atom is 0.308 e. The maximum atomic E-state index is 11.1. The van der Waals surface area contributed by atoms with Crippen LogP contribution in [0.1, 0.15) is 19.8 Å². The summed E-state index contributed by atoms with van der Waals surface area (Å²) in [5, 5.41) is 19.0. The molecule has 1 heterocycles. The van der Waals surface area contributed by atoms with Gasteiger partial charge in [0.2, 0.25) is 0 Å². The van der Waals surface area contributed by atoms with E-state index in [1.54, 1.807) is 0 Å². The summed E-state index contributed by atoms with van der Waals surface area (Å²) in [4.78, 5) is 22.0. The Labute approximate surface area is 98.3 Å². The highest BCUT2D eigenvalue weighted by Crippen LogP contribution is 2.24. The summed E-state index contributed by atoms with van der Waals surface area (Å²) in [7, 11) is 1.21. The smallest absolute Gasteiger partial charge is 0.308 e. The highest BCUT2D eigenvalue weighted by molar-refractivity contribution is 5.70. The summed E-state index contributed by atoms with van der Waals surface area (Å²) in [6.45, 7) is 1.19. The lowest BCUT2D eigenvalue weighted by molar-refractivity contribution is -0.242. The standard InChI is InChI=1S/C10H16O7/c1-5(11)16-10-6(12)3-9(14)17-7(10)4-8(13)15-2/h6-7,9-10,12,14H,3-4H2,1-2H3/t6-,7-,9?,10+/m1/s1. The van der Waals surface area contributed by atoms with Gasteiger partial charge in [-0.1, -0.05) is 0 Å². The zero-order valence-electron chi connectivity index (χ0n) is 9.66. The summed E-state index contributed by atoms with van der Waals surface area (Å²) in [5.74, 6) is -1.17. The molecule has 1 aliphatic heterocycles. The van der Waals surface area contributed by atoms with E-state index < -0.39 is 36.5 Å². The van der Waals surface area contributed by atoms with E-state index >= 15 is 0 Å².